The summed E-state index contributed by atoms with van der Waals surface area (Å²) in [6, 6.07) is 6.76. The van der Waals surface area contributed by atoms with Crippen molar-refractivity contribution in [2.45, 2.75) is 116 Å². The van der Waals surface area contributed by atoms with Crippen LogP contribution in [0.4, 0.5) is 0 Å². The molecule has 40 heavy (non-hydrogen) atoms. The summed E-state index contributed by atoms with van der Waals surface area (Å²) in [5.74, 6) is 2.40. The van der Waals surface area contributed by atoms with E-state index in [0.29, 0.717) is 41.6 Å². The molecule has 0 saturated heterocycles. The average molecular weight is 579 g/mol. The maximum Gasteiger partial charge on any atom is 0.296 e. The van der Waals surface area contributed by atoms with E-state index < -0.39 is 10.1 Å². The Labute approximate surface area is 243 Å². The summed E-state index contributed by atoms with van der Waals surface area (Å²) in [5.41, 5.74) is 1.42. The lowest BCUT2D eigenvalue weighted by Gasteiger charge is -2.45. The Morgan fingerprint density at radius 1 is 0.825 bits per heavy atom. The molecule has 10 atom stereocenters. The molecule has 4 aliphatic carbocycles. The van der Waals surface area contributed by atoms with Crippen LogP contribution in [0.3, 0.4) is 0 Å². The molecule has 4 saturated carbocycles. The lowest BCUT2D eigenvalue weighted by Crippen LogP contribution is -2.42. The molecule has 0 aromatic heterocycles. The fourth-order valence-electron chi connectivity index (χ4n) is 9.46. The first-order chi connectivity index (χ1) is 18.8. The summed E-state index contributed by atoms with van der Waals surface area (Å²) in [4.78, 5) is 0.217. The zero-order valence-corrected chi connectivity index (χ0v) is 26.2. The molecule has 7 heteroatoms. The van der Waals surface area contributed by atoms with Crippen molar-refractivity contribution in [2.24, 2.45) is 46.3 Å². The first-order valence-corrected chi connectivity index (χ1v) is 17.2. The number of aliphatic hydroxyl groups excluding tert-OH is 3. The van der Waals surface area contributed by atoms with Crippen LogP contribution in [0.1, 0.15) is 97.5 Å². The molecule has 3 N–H and O–H groups in total. The van der Waals surface area contributed by atoms with Crippen LogP contribution in [0.2, 0.25) is 0 Å². The molecule has 0 aliphatic heterocycles. The third kappa shape index (κ3) is 6.34. The SMILES string of the molecule is C[C@H](CO)[C@H]1CCC2C(O)CCCC21C.Cc1ccc(S(=O)(=O)OC[C@@H](C)[C@H]2CCC3C(O)CCCC32C)cc1. The Kier molecular flexibility index (Phi) is 10.1. The Bertz CT molecular complexity index is 1070. The van der Waals surface area contributed by atoms with Crippen LogP contribution in [-0.4, -0.2) is 49.2 Å². The Hall–Kier alpha value is -0.990. The standard InChI is InChI=1S/C20H30O4S.C13H24O2/c1-14-6-8-16(9-7-14)25(22,23)24-13-15(2)17-10-11-18-19(21)5-4-12-20(17,18)3;1-9(8-14)10-5-6-11-12(15)4-3-7-13(10,11)2/h6-9,15,17-19,21H,4-5,10-13H2,1-3H3;9-12,14-15H,3-8H2,1-2H3/t15-,17-,18?,19?,20?;9-,10-,11?,12?,13?/m11/s1. The van der Waals surface area contributed by atoms with E-state index >= 15 is 0 Å². The van der Waals surface area contributed by atoms with Gasteiger partial charge in [0, 0.05) is 6.61 Å². The third-order valence-corrected chi connectivity index (χ3v) is 13.1. The van der Waals surface area contributed by atoms with Crippen molar-refractivity contribution in [1.82, 2.24) is 0 Å². The predicted octanol–water partition coefficient (Wildman–Crippen LogP) is 6.11. The zero-order valence-electron chi connectivity index (χ0n) is 25.4. The van der Waals surface area contributed by atoms with Crippen LogP contribution in [-0.2, 0) is 14.3 Å². The molecular weight excluding hydrogens is 524 g/mol. The minimum atomic E-state index is -3.71. The van der Waals surface area contributed by atoms with Gasteiger partial charge < -0.3 is 15.3 Å². The van der Waals surface area contributed by atoms with Gasteiger partial charge in [-0.3, -0.25) is 4.18 Å². The van der Waals surface area contributed by atoms with Crippen molar-refractivity contribution >= 4 is 10.1 Å². The smallest absolute Gasteiger partial charge is 0.296 e. The van der Waals surface area contributed by atoms with Gasteiger partial charge in [0.1, 0.15) is 0 Å². The minimum Gasteiger partial charge on any atom is -0.396 e. The summed E-state index contributed by atoms with van der Waals surface area (Å²) in [5, 5.41) is 29.7. The monoisotopic (exact) mass is 578 g/mol. The van der Waals surface area contributed by atoms with Crippen LogP contribution in [0.15, 0.2) is 29.2 Å². The molecule has 6 unspecified atom stereocenters. The van der Waals surface area contributed by atoms with Gasteiger partial charge in [0.25, 0.3) is 10.1 Å². The van der Waals surface area contributed by atoms with Crippen molar-refractivity contribution in [3.63, 3.8) is 0 Å². The van der Waals surface area contributed by atoms with Crippen LogP contribution in [0, 0.1) is 53.3 Å². The van der Waals surface area contributed by atoms with Gasteiger partial charge in [-0.05, 0) is 117 Å². The van der Waals surface area contributed by atoms with Gasteiger partial charge >= 0.3 is 0 Å². The lowest BCUT2D eigenvalue weighted by molar-refractivity contribution is -0.0321. The largest absolute Gasteiger partial charge is 0.396 e. The first kappa shape index (κ1) is 31.9. The Balaban J connectivity index is 0.000000210. The van der Waals surface area contributed by atoms with Crippen molar-refractivity contribution < 1.29 is 27.9 Å². The van der Waals surface area contributed by atoms with E-state index in [0.717, 1.165) is 56.9 Å². The van der Waals surface area contributed by atoms with Gasteiger partial charge in [-0.15, -0.1) is 0 Å². The molecule has 1 aromatic carbocycles. The van der Waals surface area contributed by atoms with Gasteiger partial charge in [0.2, 0.25) is 0 Å². The molecule has 5 rings (SSSR count). The van der Waals surface area contributed by atoms with E-state index in [-0.39, 0.29) is 35.0 Å². The maximum atomic E-state index is 12.4. The predicted molar refractivity (Wildman–Crippen MR) is 158 cm³/mol. The highest BCUT2D eigenvalue weighted by atomic mass is 32.2. The number of hydrogen-bond acceptors (Lipinski definition) is 6. The number of fused-ring (bicyclic) bond motifs is 2. The van der Waals surface area contributed by atoms with Gasteiger partial charge in [0.05, 0.1) is 23.7 Å². The van der Waals surface area contributed by atoms with Crippen LogP contribution in [0.25, 0.3) is 0 Å². The summed E-state index contributed by atoms with van der Waals surface area (Å²) in [6.45, 7) is 11.3. The number of aliphatic hydroxyl groups is 3. The molecule has 0 bridgehead atoms. The van der Waals surface area contributed by atoms with Crippen molar-refractivity contribution in [3.05, 3.63) is 29.8 Å². The molecule has 228 valence electrons. The Morgan fingerprint density at radius 2 is 1.30 bits per heavy atom. The molecule has 4 fully saturated rings. The molecule has 1 aromatic rings. The number of aryl methyl sites for hydroxylation is 1. The topological polar surface area (TPSA) is 104 Å². The first-order valence-electron chi connectivity index (χ1n) is 15.8. The van der Waals surface area contributed by atoms with E-state index in [9.17, 15) is 23.7 Å². The number of benzene rings is 1. The molecular formula is C33H54O6S. The molecule has 0 radical (unpaired) electrons. The fraction of sp³-hybridized carbons (Fsp3) is 0.818. The van der Waals surface area contributed by atoms with E-state index in [1.807, 2.05) is 6.92 Å². The second kappa shape index (κ2) is 12.7. The van der Waals surface area contributed by atoms with E-state index in [4.69, 9.17) is 4.18 Å². The molecule has 6 nitrogen and oxygen atoms in total. The normalized spacial score (nSPS) is 39.0. The maximum absolute atomic E-state index is 12.4. The van der Waals surface area contributed by atoms with Gasteiger partial charge in [-0.25, -0.2) is 0 Å². The van der Waals surface area contributed by atoms with E-state index in [1.165, 1.54) is 12.8 Å². The minimum absolute atomic E-state index is 0.0837. The quantitative estimate of drug-likeness (QED) is 0.338. The Morgan fingerprint density at radius 3 is 1.77 bits per heavy atom. The second-order valence-corrected chi connectivity index (χ2v) is 15.8. The third-order valence-electron chi connectivity index (χ3n) is 11.8. The van der Waals surface area contributed by atoms with Crippen molar-refractivity contribution in [3.8, 4) is 0 Å². The summed E-state index contributed by atoms with van der Waals surface area (Å²) in [6.07, 6.45) is 10.6. The van der Waals surface area contributed by atoms with Crippen LogP contribution in [0.5, 0.6) is 0 Å². The number of rotatable bonds is 7. The van der Waals surface area contributed by atoms with Gasteiger partial charge in [0.15, 0.2) is 0 Å². The average Bonchev–Trinajstić information content (AvgIpc) is 3.46. The van der Waals surface area contributed by atoms with E-state index in [2.05, 4.69) is 27.7 Å². The highest BCUT2D eigenvalue weighted by Gasteiger charge is 2.53. The summed E-state index contributed by atoms with van der Waals surface area (Å²) >= 11 is 0. The summed E-state index contributed by atoms with van der Waals surface area (Å²) < 4.78 is 30.2. The van der Waals surface area contributed by atoms with Crippen LogP contribution < -0.4 is 0 Å². The fourth-order valence-corrected chi connectivity index (χ4v) is 10.5. The highest BCUT2D eigenvalue weighted by Crippen LogP contribution is 2.58. The molecule has 0 amide bonds. The molecule has 0 spiro atoms. The highest BCUT2D eigenvalue weighted by molar-refractivity contribution is 7.86. The zero-order chi connectivity index (χ0) is 29.3. The van der Waals surface area contributed by atoms with Crippen molar-refractivity contribution in [2.75, 3.05) is 13.2 Å². The lowest BCUT2D eigenvalue weighted by atomic mass is 9.62. The van der Waals surface area contributed by atoms with Crippen molar-refractivity contribution in [1.29, 1.82) is 0 Å². The van der Waals surface area contributed by atoms with Gasteiger partial charge in [-0.1, -0.05) is 58.2 Å². The summed E-state index contributed by atoms with van der Waals surface area (Å²) in [7, 11) is -3.71. The molecule has 0 heterocycles. The van der Waals surface area contributed by atoms with Gasteiger partial charge in [-0.2, -0.15) is 8.42 Å². The van der Waals surface area contributed by atoms with Crippen LogP contribution >= 0.6 is 0 Å². The molecule has 4 aliphatic rings. The number of hydrogen-bond donors (Lipinski definition) is 3. The second-order valence-electron chi connectivity index (χ2n) is 14.2. The van der Waals surface area contributed by atoms with E-state index in [1.54, 1.807) is 24.3 Å².